The molecule has 1 aromatic carbocycles. The van der Waals surface area contributed by atoms with Gasteiger partial charge in [0.2, 0.25) is 5.91 Å². The molecule has 2 N–H and O–H groups in total. The van der Waals surface area contributed by atoms with Crippen LogP contribution in [0.4, 0.5) is 0 Å². The van der Waals surface area contributed by atoms with Gasteiger partial charge in [0, 0.05) is 37.6 Å². The van der Waals surface area contributed by atoms with Gasteiger partial charge >= 0.3 is 0 Å². The topological polar surface area (TPSA) is 49.6 Å². The van der Waals surface area contributed by atoms with E-state index in [2.05, 4.69) is 36.2 Å². The Morgan fingerprint density at radius 2 is 1.77 bits per heavy atom. The summed E-state index contributed by atoms with van der Waals surface area (Å²) in [6.07, 6.45) is 2.98. The maximum Gasteiger partial charge on any atom is 0.225 e. The molecule has 1 saturated carbocycles. The number of rotatable bonds is 4. The highest BCUT2D eigenvalue weighted by atomic mass is 16.2. The summed E-state index contributed by atoms with van der Waals surface area (Å²) in [6.45, 7) is 5.71. The first-order valence-corrected chi connectivity index (χ1v) is 8.33. The third-order valence-corrected chi connectivity index (χ3v) is 5.10. The van der Waals surface area contributed by atoms with Crippen molar-refractivity contribution in [2.45, 2.75) is 31.7 Å². The van der Waals surface area contributed by atoms with Crippen molar-refractivity contribution in [3.05, 3.63) is 35.4 Å². The van der Waals surface area contributed by atoms with Crippen LogP contribution >= 0.6 is 0 Å². The lowest BCUT2D eigenvalue weighted by atomic mass is 9.96. The fraction of sp³-hybridized carbons (Fsp3) is 0.611. The summed E-state index contributed by atoms with van der Waals surface area (Å²) in [5.41, 5.74) is 8.60. The zero-order valence-corrected chi connectivity index (χ0v) is 13.7. The molecule has 2 fully saturated rings. The van der Waals surface area contributed by atoms with Crippen LogP contribution in [0.5, 0.6) is 0 Å². The van der Waals surface area contributed by atoms with Gasteiger partial charge < -0.3 is 15.5 Å². The Balaban J connectivity index is 1.56. The molecule has 120 valence electrons. The van der Waals surface area contributed by atoms with Gasteiger partial charge in [-0.1, -0.05) is 31.2 Å². The standard InChI is InChI=1S/C18H27N3O/c1-14(17(22)21-11-9-20(2)10-12-21)13-15-3-5-16(6-4-15)18(19)7-8-18/h3-6,14H,7-13,19H2,1-2H3. The van der Waals surface area contributed by atoms with Crippen molar-refractivity contribution in [3.8, 4) is 0 Å². The summed E-state index contributed by atoms with van der Waals surface area (Å²) in [7, 11) is 2.11. The molecule has 0 spiro atoms. The second-order valence-electron chi connectivity index (χ2n) is 7.09. The lowest BCUT2D eigenvalue weighted by Crippen LogP contribution is -2.48. The molecule has 0 radical (unpaired) electrons. The molecule has 0 aromatic heterocycles. The summed E-state index contributed by atoms with van der Waals surface area (Å²) < 4.78 is 0. The van der Waals surface area contributed by atoms with Gasteiger partial charge in [0.05, 0.1) is 0 Å². The second-order valence-corrected chi connectivity index (χ2v) is 7.09. The van der Waals surface area contributed by atoms with Crippen molar-refractivity contribution < 1.29 is 4.79 Å². The van der Waals surface area contributed by atoms with Crippen LogP contribution in [0.2, 0.25) is 0 Å². The number of hydrogen-bond acceptors (Lipinski definition) is 3. The number of hydrogen-bond donors (Lipinski definition) is 1. The Labute approximate surface area is 133 Å². The number of likely N-dealkylation sites (N-methyl/N-ethyl adjacent to an activating group) is 1. The van der Waals surface area contributed by atoms with Crippen LogP contribution in [-0.4, -0.2) is 48.9 Å². The molecule has 1 heterocycles. The predicted octanol–water partition coefficient (Wildman–Crippen LogP) is 1.59. The van der Waals surface area contributed by atoms with Gasteiger partial charge in [0.15, 0.2) is 0 Å². The van der Waals surface area contributed by atoms with E-state index < -0.39 is 0 Å². The van der Waals surface area contributed by atoms with Crippen LogP contribution in [0.3, 0.4) is 0 Å². The molecule has 4 heteroatoms. The van der Waals surface area contributed by atoms with Gasteiger partial charge in [0.1, 0.15) is 0 Å². The van der Waals surface area contributed by atoms with Gasteiger partial charge in [0.25, 0.3) is 0 Å². The van der Waals surface area contributed by atoms with Gasteiger partial charge in [-0.2, -0.15) is 0 Å². The van der Waals surface area contributed by atoms with Crippen LogP contribution < -0.4 is 5.73 Å². The van der Waals surface area contributed by atoms with Crippen LogP contribution in [0.25, 0.3) is 0 Å². The third-order valence-electron chi connectivity index (χ3n) is 5.10. The molecule has 1 unspecified atom stereocenters. The third kappa shape index (κ3) is 3.33. The molecule has 3 rings (SSSR count). The first-order valence-electron chi connectivity index (χ1n) is 8.33. The van der Waals surface area contributed by atoms with E-state index in [0.717, 1.165) is 45.4 Å². The quantitative estimate of drug-likeness (QED) is 0.919. The number of nitrogens with two attached hydrogens (primary N) is 1. The van der Waals surface area contributed by atoms with Crippen LogP contribution in [0.15, 0.2) is 24.3 Å². The Hall–Kier alpha value is -1.39. The van der Waals surface area contributed by atoms with Crippen molar-refractivity contribution in [2.75, 3.05) is 33.2 Å². The Bertz CT molecular complexity index is 528. The number of carbonyl (C=O) groups excluding carboxylic acids is 1. The molecule has 22 heavy (non-hydrogen) atoms. The zero-order chi connectivity index (χ0) is 15.7. The van der Waals surface area contributed by atoms with E-state index in [1.165, 1.54) is 11.1 Å². The number of carbonyl (C=O) groups is 1. The first kappa shape index (κ1) is 15.5. The van der Waals surface area contributed by atoms with Gasteiger partial charge in [-0.25, -0.2) is 0 Å². The van der Waals surface area contributed by atoms with Crippen LogP contribution in [-0.2, 0) is 16.8 Å². The number of nitrogens with zero attached hydrogens (tertiary/aromatic N) is 2. The molecule has 1 saturated heterocycles. The van der Waals surface area contributed by atoms with Crippen molar-refractivity contribution in [1.82, 2.24) is 9.80 Å². The van der Waals surface area contributed by atoms with Crippen molar-refractivity contribution in [1.29, 1.82) is 0 Å². The summed E-state index contributed by atoms with van der Waals surface area (Å²) in [5, 5.41) is 0. The Morgan fingerprint density at radius 3 is 2.32 bits per heavy atom. The monoisotopic (exact) mass is 301 g/mol. The number of piperazine rings is 1. The molecule has 1 aliphatic carbocycles. The highest BCUT2D eigenvalue weighted by molar-refractivity contribution is 5.79. The van der Waals surface area contributed by atoms with E-state index in [0.29, 0.717) is 0 Å². The summed E-state index contributed by atoms with van der Waals surface area (Å²) in [5.74, 6) is 0.330. The fourth-order valence-electron chi connectivity index (χ4n) is 3.18. The maximum absolute atomic E-state index is 12.5. The molecule has 1 atom stereocenters. The predicted molar refractivity (Wildman–Crippen MR) is 88.5 cm³/mol. The maximum atomic E-state index is 12.5. The molecule has 1 aromatic rings. The van der Waals surface area contributed by atoms with Crippen molar-refractivity contribution in [3.63, 3.8) is 0 Å². The van der Waals surface area contributed by atoms with Gasteiger partial charge in [-0.3, -0.25) is 4.79 Å². The lowest BCUT2D eigenvalue weighted by Gasteiger charge is -2.34. The van der Waals surface area contributed by atoms with E-state index >= 15 is 0 Å². The SMILES string of the molecule is CC(Cc1ccc(C2(N)CC2)cc1)C(=O)N1CCN(C)CC1. The average molecular weight is 301 g/mol. The van der Waals surface area contributed by atoms with E-state index in [1.54, 1.807) is 0 Å². The van der Waals surface area contributed by atoms with E-state index in [1.807, 2.05) is 11.8 Å². The molecule has 1 aliphatic heterocycles. The summed E-state index contributed by atoms with van der Waals surface area (Å²) >= 11 is 0. The molecule has 4 nitrogen and oxygen atoms in total. The zero-order valence-electron chi connectivity index (χ0n) is 13.7. The molecular weight excluding hydrogens is 274 g/mol. The molecule has 0 bridgehead atoms. The van der Waals surface area contributed by atoms with Gasteiger partial charge in [-0.15, -0.1) is 0 Å². The highest BCUT2D eigenvalue weighted by Gasteiger charge is 2.39. The van der Waals surface area contributed by atoms with E-state index in [-0.39, 0.29) is 17.4 Å². The second kappa shape index (κ2) is 6.01. The fourth-order valence-corrected chi connectivity index (χ4v) is 3.18. The van der Waals surface area contributed by atoms with Gasteiger partial charge in [-0.05, 0) is 37.4 Å². The minimum absolute atomic E-state index is 0.0435. The lowest BCUT2D eigenvalue weighted by molar-refractivity contribution is -0.136. The summed E-state index contributed by atoms with van der Waals surface area (Å²) in [4.78, 5) is 16.8. The molecular formula is C18H27N3O. The smallest absolute Gasteiger partial charge is 0.225 e. The average Bonchev–Trinajstić information content (AvgIpc) is 3.27. The van der Waals surface area contributed by atoms with E-state index in [9.17, 15) is 4.79 Å². The van der Waals surface area contributed by atoms with Crippen LogP contribution in [0.1, 0.15) is 30.9 Å². The van der Waals surface area contributed by atoms with Crippen molar-refractivity contribution in [2.24, 2.45) is 11.7 Å². The Kier molecular flexibility index (Phi) is 4.24. The normalized spacial score (nSPS) is 22.4. The number of amides is 1. The summed E-state index contributed by atoms with van der Waals surface area (Å²) in [6, 6.07) is 8.54. The largest absolute Gasteiger partial charge is 0.340 e. The minimum Gasteiger partial charge on any atom is -0.340 e. The molecule has 2 aliphatic rings. The number of benzene rings is 1. The highest BCUT2D eigenvalue weighted by Crippen LogP contribution is 2.42. The van der Waals surface area contributed by atoms with Crippen LogP contribution in [0, 0.1) is 5.92 Å². The van der Waals surface area contributed by atoms with E-state index in [4.69, 9.17) is 5.73 Å². The minimum atomic E-state index is -0.0696. The first-order chi connectivity index (χ1) is 10.5. The molecule has 1 amide bonds. The van der Waals surface area contributed by atoms with Crippen molar-refractivity contribution >= 4 is 5.91 Å². The Morgan fingerprint density at radius 1 is 1.18 bits per heavy atom.